The molecule has 0 atom stereocenters. The van der Waals surface area contributed by atoms with Crippen LogP contribution in [0, 0.1) is 0 Å². The van der Waals surface area contributed by atoms with Crippen molar-refractivity contribution < 1.29 is 0 Å². The van der Waals surface area contributed by atoms with E-state index >= 15 is 0 Å². The van der Waals surface area contributed by atoms with Crippen LogP contribution in [0.25, 0.3) is 0 Å². The molecule has 0 amide bonds. The van der Waals surface area contributed by atoms with Gasteiger partial charge in [-0.25, -0.2) is 0 Å². The largest absolute Gasteiger partial charge is 0.316 e. The SMILES string of the molecule is CC=C(C)CNC.Cl. The van der Waals surface area contributed by atoms with Crippen molar-refractivity contribution in [3.05, 3.63) is 11.6 Å². The first-order valence-electron chi connectivity index (χ1n) is 2.57. The fourth-order valence-corrected chi connectivity index (χ4v) is 0.381. The van der Waals surface area contributed by atoms with Gasteiger partial charge in [0.15, 0.2) is 0 Å². The molecule has 0 radical (unpaired) electrons. The van der Waals surface area contributed by atoms with E-state index in [1.165, 1.54) is 5.57 Å². The molecule has 0 aliphatic rings. The van der Waals surface area contributed by atoms with Gasteiger partial charge in [-0.15, -0.1) is 12.4 Å². The third kappa shape index (κ3) is 5.99. The molecule has 0 saturated carbocycles. The molecule has 0 aromatic carbocycles. The number of halogens is 1. The minimum atomic E-state index is 0. The number of rotatable bonds is 2. The smallest absolute Gasteiger partial charge is 0.0158 e. The molecule has 0 rings (SSSR count). The average molecular weight is 136 g/mol. The second-order valence-electron chi connectivity index (χ2n) is 1.67. The Morgan fingerprint density at radius 1 is 1.62 bits per heavy atom. The van der Waals surface area contributed by atoms with Gasteiger partial charge in [-0.3, -0.25) is 0 Å². The fraction of sp³-hybridized carbons (Fsp3) is 0.667. The molecular weight excluding hydrogens is 122 g/mol. The summed E-state index contributed by atoms with van der Waals surface area (Å²) in [6, 6.07) is 0. The van der Waals surface area contributed by atoms with E-state index < -0.39 is 0 Å². The summed E-state index contributed by atoms with van der Waals surface area (Å²) in [6.45, 7) is 5.17. The molecular formula is C6H14ClN. The molecule has 0 saturated heterocycles. The van der Waals surface area contributed by atoms with Gasteiger partial charge in [0.05, 0.1) is 0 Å². The van der Waals surface area contributed by atoms with Crippen LogP contribution >= 0.6 is 12.4 Å². The van der Waals surface area contributed by atoms with Gasteiger partial charge in [-0.2, -0.15) is 0 Å². The number of likely N-dealkylation sites (N-methyl/N-ethyl adjacent to an activating group) is 1. The van der Waals surface area contributed by atoms with E-state index in [-0.39, 0.29) is 12.4 Å². The van der Waals surface area contributed by atoms with Gasteiger partial charge in [0.25, 0.3) is 0 Å². The molecule has 8 heavy (non-hydrogen) atoms. The van der Waals surface area contributed by atoms with E-state index in [0.29, 0.717) is 0 Å². The van der Waals surface area contributed by atoms with E-state index in [4.69, 9.17) is 0 Å². The quantitative estimate of drug-likeness (QED) is 0.568. The zero-order valence-electron chi connectivity index (χ0n) is 5.69. The Labute approximate surface area is 57.6 Å². The maximum absolute atomic E-state index is 3.05. The molecule has 0 aromatic rings. The highest BCUT2D eigenvalue weighted by Gasteiger charge is 1.78. The summed E-state index contributed by atoms with van der Waals surface area (Å²) in [5.41, 5.74) is 1.39. The van der Waals surface area contributed by atoms with Crippen molar-refractivity contribution in [1.82, 2.24) is 5.32 Å². The molecule has 50 valence electrons. The summed E-state index contributed by atoms with van der Waals surface area (Å²) in [6.07, 6.45) is 2.11. The maximum atomic E-state index is 3.05. The first-order chi connectivity index (χ1) is 3.31. The van der Waals surface area contributed by atoms with Crippen LogP contribution in [0.4, 0.5) is 0 Å². The lowest BCUT2D eigenvalue weighted by Gasteiger charge is -1.93. The summed E-state index contributed by atoms with van der Waals surface area (Å²) in [5.74, 6) is 0. The highest BCUT2D eigenvalue weighted by atomic mass is 35.5. The van der Waals surface area contributed by atoms with Crippen LogP contribution in [0.5, 0.6) is 0 Å². The van der Waals surface area contributed by atoms with Crippen molar-refractivity contribution in [2.75, 3.05) is 13.6 Å². The Kier molecular flexibility index (Phi) is 9.51. The summed E-state index contributed by atoms with van der Waals surface area (Å²) in [7, 11) is 1.95. The molecule has 0 aliphatic carbocycles. The standard InChI is InChI=1S/C6H13N.ClH/c1-4-6(2)5-7-3;/h4,7H,5H2,1-3H3;1H. The zero-order chi connectivity index (χ0) is 5.70. The monoisotopic (exact) mass is 135 g/mol. The number of nitrogens with one attached hydrogen (secondary N) is 1. The Hall–Kier alpha value is -0.0100. The topological polar surface area (TPSA) is 12.0 Å². The fourth-order valence-electron chi connectivity index (χ4n) is 0.381. The zero-order valence-corrected chi connectivity index (χ0v) is 6.51. The highest BCUT2D eigenvalue weighted by molar-refractivity contribution is 5.85. The Bertz CT molecular complexity index is 68.9. The Balaban J connectivity index is 0. The van der Waals surface area contributed by atoms with Crippen LogP contribution < -0.4 is 5.32 Å². The van der Waals surface area contributed by atoms with Gasteiger partial charge in [-0.05, 0) is 20.9 Å². The molecule has 0 aromatic heterocycles. The van der Waals surface area contributed by atoms with Crippen LogP contribution in [-0.4, -0.2) is 13.6 Å². The summed E-state index contributed by atoms with van der Waals surface area (Å²) < 4.78 is 0. The lowest BCUT2D eigenvalue weighted by atomic mass is 10.3. The maximum Gasteiger partial charge on any atom is 0.0158 e. The molecule has 0 spiro atoms. The van der Waals surface area contributed by atoms with Crippen LogP contribution in [0.1, 0.15) is 13.8 Å². The summed E-state index contributed by atoms with van der Waals surface area (Å²) in [4.78, 5) is 0. The summed E-state index contributed by atoms with van der Waals surface area (Å²) in [5, 5.41) is 3.05. The normalized spacial score (nSPS) is 10.6. The third-order valence-corrected chi connectivity index (χ3v) is 0.948. The minimum Gasteiger partial charge on any atom is -0.316 e. The Morgan fingerprint density at radius 3 is 2.25 bits per heavy atom. The van der Waals surface area contributed by atoms with Crippen molar-refractivity contribution in [3.8, 4) is 0 Å². The molecule has 0 fully saturated rings. The molecule has 0 bridgehead atoms. The first kappa shape index (κ1) is 10.9. The van der Waals surface area contributed by atoms with Crippen LogP contribution in [0.3, 0.4) is 0 Å². The molecule has 0 heterocycles. The van der Waals surface area contributed by atoms with Gasteiger partial charge in [0, 0.05) is 6.54 Å². The van der Waals surface area contributed by atoms with Crippen LogP contribution in [-0.2, 0) is 0 Å². The van der Waals surface area contributed by atoms with E-state index in [2.05, 4.69) is 18.3 Å². The third-order valence-electron chi connectivity index (χ3n) is 0.948. The van der Waals surface area contributed by atoms with Crippen molar-refractivity contribution >= 4 is 12.4 Å². The average Bonchev–Trinajstić information content (AvgIpc) is 1.68. The summed E-state index contributed by atoms with van der Waals surface area (Å²) >= 11 is 0. The van der Waals surface area contributed by atoms with E-state index in [9.17, 15) is 0 Å². The lowest BCUT2D eigenvalue weighted by molar-refractivity contribution is 0.878. The minimum absolute atomic E-state index is 0. The van der Waals surface area contributed by atoms with E-state index in [1.807, 2.05) is 14.0 Å². The van der Waals surface area contributed by atoms with Crippen molar-refractivity contribution in [2.45, 2.75) is 13.8 Å². The lowest BCUT2D eigenvalue weighted by Crippen LogP contribution is -2.07. The number of allylic oxidation sites excluding steroid dienone is 1. The molecule has 1 N–H and O–H groups in total. The van der Waals surface area contributed by atoms with Gasteiger partial charge in [-0.1, -0.05) is 11.6 Å². The first-order valence-corrected chi connectivity index (χ1v) is 2.57. The van der Waals surface area contributed by atoms with Crippen molar-refractivity contribution in [1.29, 1.82) is 0 Å². The van der Waals surface area contributed by atoms with E-state index in [1.54, 1.807) is 0 Å². The van der Waals surface area contributed by atoms with Gasteiger partial charge in [0.1, 0.15) is 0 Å². The predicted molar refractivity (Wildman–Crippen MR) is 40.6 cm³/mol. The number of hydrogen-bond acceptors (Lipinski definition) is 1. The van der Waals surface area contributed by atoms with E-state index in [0.717, 1.165) is 6.54 Å². The van der Waals surface area contributed by atoms with Gasteiger partial charge in [0.2, 0.25) is 0 Å². The van der Waals surface area contributed by atoms with Gasteiger partial charge >= 0.3 is 0 Å². The molecule has 1 nitrogen and oxygen atoms in total. The molecule has 0 aliphatic heterocycles. The number of hydrogen-bond donors (Lipinski definition) is 1. The second-order valence-corrected chi connectivity index (χ2v) is 1.67. The van der Waals surface area contributed by atoms with Crippen molar-refractivity contribution in [3.63, 3.8) is 0 Å². The predicted octanol–water partition coefficient (Wildman–Crippen LogP) is 1.59. The van der Waals surface area contributed by atoms with Crippen molar-refractivity contribution in [2.24, 2.45) is 0 Å². The highest BCUT2D eigenvalue weighted by Crippen LogP contribution is 1.84. The molecule has 2 heteroatoms. The Morgan fingerprint density at radius 2 is 2.12 bits per heavy atom. The second kappa shape index (κ2) is 6.99. The van der Waals surface area contributed by atoms with Crippen LogP contribution in [0.2, 0.25) is 0 Å². The molecule has 0 unspecified atom stereocenters. The van der Waals surface area contributed by atoms with Crippen LogP contribution in [0.15, 0.2) is 11.6 Å². The van der Waals surface area contributed by atoms with Gasteiger partial charge < -0.3 is 5.32 Å².